The van der Waals surface area contributed by atoms with Gasteiger partial charge in [-0.2, -0.15) is 0 Å². The number of halogens is 2. The fraction of sp³-hybridized carbons (Fsp3) is 0.316. The molecule has 0 N–H and O–H groups in total. The van der Waals surface area contributed by atoms with Crippen molar-refractivity contribution in [3.05, 3.63) is 64.9 Å². The molecular weight excluding hydrogens is 393 g/mol. The number of benzene rings is 2. The predicted octanol–water partition coefficient (Wildman–Crippen LogP) is 3.07. The summed E-state index contributed by atoms with van der Waals surface area (Å²) in [6, 6.07) is 12.0. The summed E-state index contributed by atoms with van der Waals surface area (Å²) in [5.74, 6) is -0.208. The minimum Gasteiger partial charge on any atom is -0.484 e. The van der Waals surface area contributed by atoms with Gasteiger partial charge in [-0.1, -0.05) is 23.7 Å². The van der Waals surface area contributed by atoms with Crippen LogP contribution in [0.4, 0.5) is 4.39 Å². The van der Waals surface area contributed by atoms with E-state index in [4.69, 9.17) is 16.3 Å². The first kappa shape index (κ1) is 19.6. The highest BCUT2D eigenvalue weighted by atomic mass is 35.5. The van der Waals surface area contributed by atoms with Crippen LogP contribution in [0, 0.1) is 5.82 Å². The average molecular weight is 412 g/mol. The largest absolute Gasteiger partial charge is 0.484 e. The number of carbonyl (C=O) groups excluding carboxylic acids is 1. The normalized spacial score (nSPS) is 18.2. The first-order chi connectivity index (χ1) is 12.8. The topological polar surface area (TPSA) is 63.7 Å². The number of nitrogens with zero attached hydrogens (tertiary/aromatic N) is 1. The maximum atomic E-state index is 13.1. The molecule has 8 heteroatoms. The Labute approximate surface area is 162 Å². The SMILES string of the molecule is O=C(COc1ccc(Cl)cc1)N(Cc1ccc(F)cc1)[C@H]1CCS(=O)(=O)C1. The molecule has 1 atom stereocenters. The highest BCUT2D eigenvalue weighted by Gasteiger charge is 2.34. The van der Waals surface area contributed by atoms with Crippen LogP contribution in [0.2, 0.25) is 5.02 Å². The van der Waals surface area contributed by atoms with E-state index >= 15 is 0 Å². The van der Waals surface area contributed by atoms with Crippen molar-refractivity contribution in [3.63, 3.8) is 0 Å². The second-order valence-electron chi connectivity index (χ2n) is 6.45. The second-order valence-corrected chi connectivity index (χ2v) is 9.11. The van der Waals surface area contributed by atoms with Crippen molar-refractivity contribution in [3.8, 4) is 5.75 Å². The molecule has 0 aliphatic carbocycles. The molecule has 1 aliphatic rings. The summed E-state index contributed by atoms with van der Waals surface area (Å²) in [5, 5.41) is 0.558. The fourth-order valence-electron chi connectivity index (χ4n) is 2.99. The third-order valence-corrected chi connectivity index (χ3v) is 6.41. The van der Waals surface area contributed by atoms with Crippen LogP contribution in [-0.4, -0.2) is 43.4 Å². The highest BCUT2D eigenvalue weighted by Crippen LogP contribution is 2.21. The monoisotopic (exact) mass is 411 g/mol. The summed E-state index contributed by atoms with van der Waals surface area (Å²) in [5.41, 5.74) is 0.723. The van der Waals surface area contributed by atoms with Crippen molar-refractivity contribution in [2.24, 2.45) is 0 Å². The molecule has 0 bridgehead atoms. The van der Waals surface area contributed by atoms with E-state index < -0.39 is 15.9 Å². The molecule has 2 aromatic rings. The molecule has 1 amide bonds. The highest BCUT2D eigenvalue weighted by molar-refractivity contribution is 7.91. The van der Waals surface area contributed by atoms with Crippen molar-refractivity contribution < 1.29 is 22.3 Å². The van der Waals surface area contributed by atoms with Crippen LogP contribution in [0.3, 0.4) is 0 Å². The fourth-order valence-corrected chi connectivity index (χ4v) is 4.84. The smallest absolute Gasteiger partial charge is 0.261 e. The van der Waals surface area contributed by atoms with E-state index in [1.165, 1.54) is 17.0 Å². The van der Waals surface area contributed by atoms with E-state index in [-0.39, 0.29) is 36.4 Å². The lowest BCUT2D eigenvalue weighted by molar-refractivity contribution is -0.136. The number of sulfone groups is 1. The van der Waals surface area contributed by atoms with Gasteiger partial charge >= 0.3 is 0 Å². The molecule has 0 spiro atoms. The van der Waals surface area contributed by atoms with Crippen LogP contribution in [0.25, 0.3) is 0 Å². The van der Waals surface area contributed by atoms with Gasteiger partial charge in [-0.15, -0.1) is 0 Å². The van der Waals surface area contributed by atoms with Crippen LogP contribution in [0.5, 0.6) is 5.75 Å². The Morgan fingerprint density at radius 3 is 2.41 bits per heavy atom. The Hall–Kier alpha value is -2.12. The zero-order valence-electron chi connectivity index (χ0n) is 14.5. The molecule has 3 rings (SSSR count). The molecule has 0 saturated carbocycles. The van der Waals surface area contributed by atoms with Crippen LogP contribution >= 0.6 is 11.6 Å². The van der Waals surface area contributed by atoms with Gasteiger partial charge in [-0.05, 0) is 48.4 Å². The molecule has 144 valence electrons. The van der Waals surface area contributed by atoms with Crippen molar-refractivity contribution in [2.45, 2.75) is 19.0 Å². The molecule has 5 nitrogen and oxygen atoms in total. The maximum absolute atomic E-state index is 13.1. The standard InChI is InChI=1S/C19H19ClFNO4S/c20-15-3-7-18(8-4-15)26-12-19(23)22(17-9-10-27(24,25)13-17)11-14-1-5-16(21)6-2-14/h1-8,17H,9-13H2/t17-/m0/s1. The molecule has 0 radical (unpaired) electrons. The molecular formula is C19H19ClFNO4S. The minimum atomic E-state index is -3.15. The summed E-state index contributed by atoms with van der Waals surface area (Å²) in [6.07, 6.45) is 0.385. The molecule has 0 aromatic heterocycles. The lowest BCUT2D eigenvalue weighted by Gasteiger charge is -2.28. The summed E-state index contributed by atoms with van der Waals surface area (Å²) < 4.78 is 42.3. The number of hydrogen-bond donors (Lipinski definition) is 0. The van der Waals surface area contributed by atoms with Gasteiger partial charge in [-0.25, -0.2) is 12.8 Å². The Balaban J connectivity index is 1.72. The average Bonchev–Trinajstić information content (AvgIpc) is 3.00. The lowest BCUT2D eigenvalue weighted by atomic mass is 10.1. The van der Waals surface area contributed by atoms with E-state index in [1.807, 2.05) is 0 Å². The van der Waals surface area contributed by atoms with E-state index in [0.717, 1.165) is 5.56 Å². The molecule has 0 unspecified atom stereocenters. The Morgan fingerprint density at radius 2 is 1.81 bits per heavy atom. The predicted molar refractivity (Wildman–Crippen MR) is 101 cm³/mol. The van der Waals surface area contributed by atoms with E-state index in [1.54, 1.807) is 36.4 Å². The summed E-state index contributed by atoms with van der Waals surface area (Å²) in [6.45, 7) is -0.0251. The third kappa shape index (κ3) is 5.43. The quantitative estimate of drug-likeness (QED) is 0.732. The van der Waals surface area contributed by atoms with Gasteiger partial charge in [0.15, 0.2) is 16.4 Å². The van der Waals surface area contributed by atoms with Gasteiger partial charge in [0.1, 0.15) is 11.6 Å². The molecule has 1 fully saturated rings. The van der Waals surface area contributed by atoms with Crippen LogP contribution in [0.15, 0.2) is 48.5 Å². The van der Waals surface area contributed by atoms with Crippen molar-refractivity contribution in [1.29, 1.82) is 0 Å². The zero-order valence-corrected chi connectivity index (χ0v) is 16.0. The van der Waals surface area contributed by atoms with Gasteiger partial charge in [0.2, 0.25) is 0 Å². The van der Waals surface area contributed by atoms with Gasteiger partial charge in [0, 0.05) is 17.6 Å². The Kier molecular flexibility index (Phi) is 6.01. The summed E-state index contributed by atoms with van der Waals surface area (Å²) >= 11 is 5.82. The number of hydrogen-bond acceptors (Lipinski definition) is 4. The van der Waals surface area contributed by atoms with Crippen molar-refractivity contribution >= 4 is 27.3 Å². The molecule has 1 saturated heterocycles. The van der Waals surface area contributed by atoms with Gasteiger partial charge < -0.3 is 9.64 Å². The number of amides is 1. The van der Waals surface area contributed by atoms with E-state index in [9.17, 15) is 17.6 Å². The van der Waals surface area contributed by atoms with E-state index in [2.05, 4.69) is 0 Å². The first-order valence-corrected chi connectivity index (χ1v) is 10.6. The summed E-state index contributed by atoms with van der Waals surface area (Å²) in [4.78, 5) is 14.3. The Bertz CT molecular complexity index is 900. The first-order valence-electron chi connectivity index (χ1n) is 8.45. The van der Waals surface area contributed by atoms with Crippen molar-refractivity contribution in [2.75, 3.05) is 18.1 Å². The third-order valence-electron chi connectivity index (χ3n) is 4.41. The molecule has 2 aromatic carbocycles. The van der Waals surface area contributed by atoms with Crippen LogP contribution in [0.1, 0.15) is 12.0 Å². The molecule has 27 heavy (non-hydrogen) atoms. The van der Waals surface area contributed by atoms with Crippen LogP contribution < -0.4 is 4.74 Å². The van der Waals surface area contributed by atoms with Gasteiger partial charge in [-0.3, -0.25) is 4.79 Å². The van der Waals surface area contributed by atoms with Gasteiger partial charge in [0.05, 0.1) is 11.5 Å². The van der Waals surface area contributed by atoms with Gasteiger partial charge in [0.25, 0.3) is 5.91 Å². The Morgan fingerprint density at radius 1 is 1.15 bits per heavy atom. The second kappa shape index (κ2) is 8.27. The van der Waals surface area contributed by atoms with Crippen molar-refractivity contribution in [1.82, 2.24) is 4.90 Å². The molecule has 1 aliphatic heterocycles. The summed E-state index contributed by atoms with van der Waals surface area (Å²) in [7, 11) is -3.15. The van der Waals surface area contributed by atoms with Crippen LogP contribution in [-0.2, 0) is 21.2 Å². The zero-order chi connectivity index (χ0) is 19.4. The number of rotatable bonds is 6. The number of ether oxygens (including phenoxy) is 1. The number of carbonyl (C=O) groups is 1. The minimum absolute atomic E-state index is 0.0584. The van der Waals surface area contributed by atoms with E-state index in [0.29, 0.717) is 17.2 Å². The maximum Gasteiger partial charge on any atom is 0.261 e. The lowest BCUT2D eigenvalue weighted by Crippen LogP contribution is -2.43. The molecule has 1 heterocycles.